The predicted octanol–water partition coefficient (Wildman–Crippen LogP) is 0.898. The summed E-state index contributed by atoms with van der Waals surface area (Å²) in [6.45, 7) is 4.96. The molecule has 1 aromatic carbocycles. The van der Waals surface area contributed by atoms with E-state index < -0.39 is 12.2 Å². The molecule has 0 aliphatic heterocycles. The number of hydrogen-bond acceptors (Lipinski definition) is 6. The Bertz CT molecular complexity index is 453. The number of ether oxygens (including phenoxy) is 3. The SMILES string of the molecule is CC(C)NCC(O)COc1cccc(OCCOC(N)=O)c1. The molecule has 0 radical (unpaired) electrons. The quantitative estimate of drug-likeness (QED) is 0.555. The molecule has 0 saturated carbocycles. The second-order valence-electron chi connectivity index (χ2n) is 5.02. The Morgan fingerprint density at radius 1 is 1.27 bits per heavy atom. The van der Waals surface area contributed by atoms with Gasteiger partial charge in [-0.1, -0.05) is 19.9 Å². The average molecular weight is 312 g/mol. The van der Waals surface area contributed by atoms with Crippen LogP contribution in [0.4, 0.5) is 4.79 Å². The van der Waals surface area contributed by atoms with Gasteiger partial charge in [-0.2, -0.15) is 0 Å². The maximum Gasteiger partial charge on any atom is 0.404 e. The van der Waals surface area contributed by atoms with Gasteiger partial charge in [0, 0.05) is 18.7 Å². The third kappa shape index (κ3) is 8.33. The number of nitrogens with two attached hydrogens (primary N) is 1. The van der Waals surface area contributed by atoms with Crippen LogP contribution in [0.3, 0.4) is 0 Å². The highest BCUT2D eigenvalue weighted by atomic mass is 16.6. The van der Waals surface area contributed by atoms with Crippen molar-refractivity contribution in [3.8, 4) is 11.5 Å². The summed E-state index contributed by atoms with van der Waals surface area (Å²) in [7, 11) is 0. The van der Waals surface area contributed by atoms with Gasteiger partial charge in [0.05, 0.1) is 0 Å². The zero-order valence-corrected chi connectivity index (χ0v) is 13.0. The Morgan fingerprint density at radius 2 is 1.95 bits per heavy atom. The van der Waals surface area contributed by atoms with E-state index >= 15 is 0 Å². The predicted molar refractivity (Wildman–Crippen MR) is 82.1 cm³/mol. The van der Waals surface area contributed by atoms with E-state index in [1.54, 1.807) is 24.3 Å². The van der Waals surface area contributed by atoms with Gasteiger partial charge >= 0.3 is 6.09 Å². The summed E-state index contributed by atoms with van der Waals surface area (Å²) in [4.78, 5) is 10.4. The molecule has 0 aliphatic rings. The van der Waals surface area contributed by atoms with Gasteiger partial charge in [0.15, 0.2) is 0 Å². The molecule has 0 aromatic heterocycles. The molecule has 1 atom stereocenters. The number of carbonyl (C=O) groups is 1. The van der Waals surface area contributed by atoms with Gasteiger partial charge in [-0.25, -0.2) is 4.79 Å². The van der Waals surface area contributed by atoms with Crippen molar-refractivity contribution in [2.24, 2.45) is 5.73 Å². The minimum absolute atomic E-state index is 0.0833. The summed E-state index contributed by atoms with van der Waals surface area (Å²) in [5.74, 6) is 1.18. The van der Waals surface area contributed by atoms with Crippen LogP contribution in [0.5, 0.6) is 11.5 Å². The van der Waals surface area contributed by atoms with E-state index in [4.69, 9.17) is 15.2 Å². The third-order valence-electron chi connectivity index (χ3n) is 2.61. The van der Waals surface area contributed by atoms with Gasteiger partial charge in [-0.3, -0.25) is 0 Å². The first-order valence-electron chi connectivity index (χ1n) is 7.16. The lowest BCUT2D eigenvalue weighted by Gasteiger charge is -2.15. The Labute approximate surface area is 130 Å². The van der Waals surface area contributed by atoms with Crippen molar-refractivity contribution in [3.63, 3.8) is 0 Å². The maximum absolute atomic E-state index is 10.4. The lowest BCUT2D eigenvalue weighted by atomic mass is 10.3. The molecular formula is C15H24N2O5. The van der Waals surface area contributed by atoms with Crippen LogP contribution in [0, 0.1) is 0 Å². The molecule has 1 rings (SSSR count). The first-order valence-corrected chi connectivity index (χ1v) is 7.16. The van der Waals surface area contributed by atoms with Crippen LogP contribution in [0.2, 0.25) is 0 Å². The number of rotatable bonds is 10. The first kappa shape index (κ1) is 18.1. The van der Waals surface area contributed by atoms with Crippen LogP contribution in [0.1, 0.15) is 13.8 Å². The number of benzene rings is 1. The van der Waals surface area contributed by atoms with Crippen molar-refractivity contribution in [3.05, 3.63) is 24.3 Å². The molecule has 0 aliphatic carbocycles. The van der Waals surface area contributed by atoms with E-state index in [9.17, 15) is 9.90 Å². The van der Waals surface area contributed by atoms with E-state index in [2.05, 4.69) is 10.1 Å². The van der Waals surface area contributed by atoms with Gasteiger partial charge in [-0.05, 0) is 12.1 Å². The standard InChI is InChI=1S/C15H24N2O5/c1-11(2)17-9-12(18)10-22-14-5-3-4-13(8-14)20-6-7-21-15(16)19/h3-5,8,11-12,17-18H,6-7,9-10H2,1-2H3,(H2,16,19). The van der Waals surface area contributed by atoms with E-state index in [0.29, 0.717) is 24.1 Å². The van der Waals surface area contributed by atoms with Crippen LogP contribution < -0.4 is 20.5 Å². The summed E-state index contributed by atoms with van der Waals surface area (Å²) in [6.07, 6.45) is -1.42. The monoisotopic (exact) mass is 312 g/mol. The second-order valence-corrected chi connectivity index (χ2v) is 5.02. The molecule has 1 aromatic rings. The minimum atomic E-state index is -0.829. The fraction of sp³-hybridized carbons (Fsp3) is 0.533. The summed E-state index contributed by atoms with van der Waals surface area (Å²) in [5.41, 5.74) is 4.84. The van der Waals surface area contributed by atoms with Crippen LogP contribution in [-0.2, 0) is 4.74 Å². The van der Waals surface area contributed by atoms with Crippen LogP contribution in [0.15, 0.2) is 24.3 Å². The number of amides is 1. The summed E-state index contributed by atoms with van der Waals surface area (Å²) >= 11 is 0. The van der Waals surface area contributed by atoms with Gasteiger partial charge in [0.25, 0.3) is 0 Å². The zero-order chi connectivity index (χ0) is 16.4. The Hall–Kier alpha value is -1.99. The van der Waals surface area contributed by atoms with Crippen molar-refractivity contribution in [1.82, 2.24) is 5.32 Å². The van der Waals surface area contributed by atoms with Crippen molar-refractivity contribution in [2.75, 3.05) is 26.4 Å². The summed E-state index contributed by atoms with van der Waals surface area (Å²) in [5, 5.41) is 12.9. The molecule has 0 saturated heterocycles. The number of primary amides is 1. The van der Waals surface area contributed by atoms with Crippen molar-refractivity contribution < 1.29 is 24.1 Å². The van der Waals surface area contributed by atoms with E-state index in [1.165, 1.54) is 0 Å². The molecule has 22 heavy (non-hydrogen) atoms. The topological polar surface area (TPSA) is 103 Å². The number of aliphatic hydroxyl groups is 1. The molecule has 7 heteroatoms. The molecular weight excluding hydrogens is 288 g/mol. The Balaban J connectivity index is 2.32. The van der Waals surface area contributed by atoms with Gasteiger partial charge < -0.3 is 30.4 Å². The number of aliphatic hydroxyl groups excluding tert-OH is 1. The average Bonchev–Trinajstić information content (AvgIpc) is 2.47. The summed E-state index contributed by atoms with van der Waals surface area (Å²) < 4.78 is 15.5. The lowest BCUT2D eigenvalue weighted by molar-refractivity contribution is 0.104. The fourth-order valence-electron chi connectivity index (χ4n) is 1.58. The van der Waals surface area contributed by atoms with E-state index in [-0.39, 0.29) is 19.8 Å². The van der Waals surface area contributed by atoms with Gasteiger partial charge in [0.2, 0.25) is 0 Å². The number of hydrogen-bond donors (Lipinski definition) is 3. The molecule has 1 amide bonds. The summed E-state index contributed by atoms with van der Waals surface area (Å²) in [6, 6.07) is 7.32. The van der Waals surface area contributed by atoms with Crippen LogP contribution in [0.25, 0.3) is 0 Å². The van der Waals surface area contributed by atoms with E-state index in [0.717, 1.165) is 0 Å². The van der Waals surface area contributed by atoms with Gasteiger partial charge in [0.1, 0.15) is 37.4 Å². The first-order chi connectivity index (χ1) is 10.5. The molecule has 4 N–H and O–H groups in total. The third-order valence-corrected chi connectivity index (χ3v) is 2.61. The Morgan fingerprint density at radius 3 is 2.59 bits per heavy atom. The van der Waals surface area contributed by atoms with Crippen LogP contribution >= 0.6 is 0 Å². The van der Waals surface area contributed by atoms with Crippen molar-refractivity contribution in [2.45, 2.75) is 26.0 Å². The molecule has 1 unspecified atom stereocenters. The smallest absolute Gasteiger partial charge is 0.404 e. The van der Waals surface area contributed by atoms with Gasteiger partial charge in [-0.15, -0.1) is 0 Å². The van der Waals surface area contributed by atoms with Crippen LogP contribution in [-0.4, -0.2) is 49.7 Å². The number of nitrogens with one attached hydrogen (secondary N) is 1. The highest BCUT2D eigenvalue weighted by molar-refractivity contribution is 5.64. The normalized spacial score (nSPS) is 12.0. The fourth-order valence-corrected chi connectivity index (χ4v) is 1.58. The molecule has 7 nitrogen and oxygen atoms in total. The number of carbonyl (C=O) groups excluding carboxylic acids is 1. The molecule has 0 heterocycles. The lowest BCUT2D eigenvalue weighted by Crippen LogP contribution is -2.35. The second kappa shape index (κ2) is 9.86. The van der Waals surface area contributed by atoms with E-state index in [1.807, 2.05) is 13.8 Å². The minimum Gasteiger partial charge on any atom is -0.491 e. The van der Waals surface area contributed by atoms with Crippen molar-refractivity contribution in [1.29, 1.82) is 0 Å². The maximum atomic E-state index is 10.4. The highest BCUT2D eigenvalue weighted by Gasteiger charge is 2.06. The molecule has 0 spiro atoms. The highest BCUT2D eigenvalue weighted by Crippen LogP contribution is 2.19. The zero-order valence-electron chi connectivity index (χ0n) is 13.0. The Kier molecular flexibility index (Phi) is 8.09. The largest absolute Gasteiger partial charge is 0.491 e. The van der Waals surface area contributed by atoms with Crippen molar-refractivity contribution >= 4 is 6.09 Å². The molecule has 0 bridgehead atoms. The molecule has 124 valence electrons. The molecule has 0 fully saturated rings.